The molecule has 3 aromatic rings. The fourth-order valence-electron chi connectivity index (χ4n) is 3.57. The van der Waals surface area contributed by atoms with Gasteiger partial charge in [0.25, 0.3) is 0 Å². The van der Waals surface area contributed by atoms with Crippen LogP contribution in [-0.2, 0) is 23.4 Å². The maximum absolute atomic E-state index is 13.5. The zero-order chi connectivity index (χ0) is 18.6. The molecule has 3 aromatic carbocycles. The topological polar surface area (TPSA) is 20.3 Å². The summed E-state index contributed by atoms with van der Waals surface area (Å²) < 4.78 is 0. The van der Waals surface area contributed by atoms with E-state index in [0.717, 1.165) is 30.0 Å². The van der Waals surface area contributed by atoms with Crippen LogP contribution in [0.2, 0.25) is 0 Å². The summed E-state index contributed by atoms with van der Waals surface area (Å²) >= 11 is 1.70. The van der Waals surface area contributed by atoms with Gasteiger partial charge in [-0.25, -0.2) is 0 Å². The molecule has 0 N–H and O–H groups in total. The number of hydrogen-bond donors (Lipinski definition) is 0. The number of amides is 1. The van der Waals surface area contributed by atoms with Crippen LogP contribution in [0.3, 0.4) is 0 Å². The summed E-state index contributed by atoms with van der Waals surface area (Å²) in [7, 11) is 0. The molecule has 0 fully saturated rings. The Morgan fingerprint density at radius 2 is 1.37 bits per heavy atom. The van der Waals surface area contributed by atoms with E-state index in [1.807, 2.05) is 42.2 Å². The van der Waals surface area contributed by atoms with Crippen molar-refractivity contribution in [3.8, 4) is 0 Å². The highest BCUT2D eigenvalue weighted by Crippen LogP contribution is 2.37. The first-order valence-electron chi connectivity index (χ1n) is 9.39. The smallest absolute Gasteiger partial charge is 0.244 e. The molecule has 0 bridgehead atoms. The van der Waals surface area contributed by atoms with Gasteiger partial charge < -0.3 is 0 Å². The van der Waals surface area contributed by atoms with Gasteiger partial charge in [-0.15, -0.1) is 11.8 Å². The highest BCUT2D eigenvalue weighted by atomic mass is 32.2. The second-order valence-corrected chi connectivity index (χ2v) is 8.20. The second kappa shape index (κ2) is 8.01. The van der Waals surface area contributed by atoms with Gasteiger partial charge >= 0.3 is 0 Å². The van der Waals surface area contributed by atoms with Crippen molar-refractivity contribution in [2.45, 2.75) is 30.8 Å². The molecule has 3 heteroatoms. The van der Waals surface area contributed by atoms with E-state index >= 15 is 0 Å². The van der Waals surface area contributed by atoms with Gasteiger partial charge in [-0.1, -0.05) is 66.7 Å². The Labute approximate surface area is 165 Å². The van der Waals surface area contributed by atoms with Crippen LogP contribution in [0.15, 0.2) is 78.9 Å². The van der Waals surface area contributed by atoms with Crippen LogP contribution in [0, 0.1) is 0 Å². The maximum Gasteiger partial charge on any atom is 0.244 e. The summed E-state index contributed by atoms with van der Waals surface area (Å²) in [5.41, 5.74) is 5.78. The minimum atomic E-state index is -0.121. The summed E-state index contributed by atoms with van der Waals surface area (Å²) in [5, 5.41) is -0.121. The Morgan fingerprint density at radius 3 is 1.96 bits per heavy atom. The summed E-state index contributed by atoms with van der Waals surface area (Å²) in [6.45, 7) is 2.02. The molecule has 0 radical (unpaired) electrons. The van der Waals surface area contributed by atoms with Gasteiger partial charge in [0, 0.05) is 5.75 Å². The highest BCUT2D eigenvalue weighted by molar-refractivity contribution is 7.99. The van der Waals surface area contributed by atoms with Crippen molar-refractivity contribution in [2.24, 2.45) is 0 Å². The van der Waals surface area contributed by atoms with Crippen LogP contribution in [-0.4, -0.2) is 11.2 Å². The van der Waals surface area contributed by atoms with Crippen molar-refractivity contribution in [1.29, 1.82) is 0 Å². The number of benzene rings is 3. The van der Waals surface area contributed by atoms with Gasteiger partial charge in [0.2, 0.25) is 5.91 Å². The molecular weight excluding hydrogens is 350 g/mol. The van der Waals surface area contributed by atoms with Crippen molar-refractivity contribution in [3.05, 3.63) is 95.6 Å². The van der Waals surface area contributed by atoms with Gasteiger partial charge in [-0.05, 0) is 48.6 Å². The molecule has 0 saturated carbocycles. The lowest BCUT2D eigenvalue weighted by molar-refractivity contribution is -0.117. The molecular formula is C24H23NOS. The molecule has 1 atom stereocenters. The molecule has 1 amide bonds. The number of aryl methyl sites for hydroxylation is 2. The Kier molecular flexibility index (Phi) is 5.30. The van der Waals surface area contributed by atoms with Crippen molar-refractivity contribution < 1.29 is 4.79 Å². The molecule has 136 valence electrons. The minimum Gasteiger partial charge on any atom is -0.280 e. The number of hydrogen-bond acceptors (Lipinski definition) is 2. The van der Waals surface area contributed by atoms with E-state index in [1.165, 1.54) is 16.7 Å². The number of fused-ring (bicyclic) bond motifs is 2. The van der Waals surface area contributed by atoms with Gasteiger partial charge in [0.1, 0.15) is 0 Å². The first-order valence-corrected chi connectivity index (χ1v) is 10.4. The van der Waals surface area contributed by atoms with E-state index < -0.39 is 0 Å². The zero-order valence-electron chi connectivity index (χ0n) is 15.5. The van der Waals surface area contributed by atoms with Gasteiger partial charge in [0.15, 0.2) is 0 Å². The molecule has 1 heterocycles. The molecule has 1 aliphatic rings. The van der Waals surface area contributed by atoms with E-state index in [2.05, 4.69) is 48.5 Å². The van der Waals surface area contributed by atoms with Crippen LogP contribution in [0.4, 0.5) is 11.4 Å². The minimum absolute atomic E-state index is 0.121. The Bertz CT molecular complexity index is 890. The lowest BCUT2D eigenvalue weighted by Gasteiger charge is -2.27. The van der Waals surface area contributed by atoms with Crippen LogP contribution in [0.1, 0.15) is 23.6 Å². The number of nitrogens with zero attached hydrogens (tertiary/aromatic N) is 1. The van der Waals surface area contributed by atoms with Crippen LogP contribution in [0.25, 0.3) is 0 Å². The van der Waals surface area contributed by atoms with E-state index in [0.29, 0.717) is 0 Å². The second-order valence-electron chi connectivity index (χ2n) is 6.87. The van der Waals surface area contributed by atoms with Crippen LogP contribution < -0.4 is 4.90 Å². The third-order valence-electron chi connectivity index (χ3n) is 5.04. The molecule has 1 aliphatic heterocycles. The molecule has 0 saturated heterocycles. The predicted octanol–water partition coefficient (Wildman–Crippen LogP) is 5.77. The largest absolute Gasteiger partial charge is 0.280 e. The fraction of sp³-hybridized carbons (Fsp3) is 0.208. The molecule has 27 heavy (non-hydrogen) atoms. The maximum atomic E-state index is 13.5. The van der Waals surface area contributed by atoms with E-state index in [9.17, 15) is 4.79 Å². The number of rotatable bonds is 4. The fourth-order valence-corrected chi connectivity index (χ4v) is 4.45. The quantitative estimate of drug-likeness (QED) is 0.578. The zero-order valence-corrected chi connectivity index (χ0v) is 16.3. The van der Waals surface area contributed by atoms with E-state index in [4.69, 9.17) is 0 Å². The molecule has 1 unspecified atom stereocenters. The number of carbonyl (C=O) groups excluding carboxylic acids is 1. The predicted molar refractivity (Wildman–Crippen MR) is 115 cm³/mol. The lowest BCUT2D eigenvalue weighted by atomic mass is 10.0. The van der Waals surface area contributed by atoms with Crippen LogP contribution >= 0.6 is 11.8 Å². The first kappa shape index (κ1) is 17.9. The first-order chi connectivity index (χ1) is 13.2. The number of para-hydroxylation sites is 2. The molecule has 0 aliphatic carbocycles. The van der Waals surface area contributed by atoms with Gasteiger partial charge in [-0.3, -0.25) is 9.69 Å². The normalized spacial score (nSPS) is 14.0. The molecule has 0 aromatic heterocycles. The van der Waals surface area contributed by atoms with Crippen molar-refractivity contribution >= 4 is 29.0 Å². The third-order valence-corrected chi connectivity index (χ3v) is 6.24. The standard InChI is InChI=1S/C24H23NOS/c1-18(27-17-19-9-3-2-4-10-19)24(26)25-22-13-7-5-11-20(22)15-16-21-12-6-8-14-23(21)25/h2-14,18H,15-17H2,1H3. The molecule has 2 nitrogen and oxygen atoms in total. The third kappa shape index (κ3) is 3.79. The summed E-state index contributed by atoms with van der Waals surface area (Å²) in [4.78, 5) is 15.4. The van der Waals surface area contributed by atoms with Crippen LogP contribution in [0.5, 0.6) is 0 Å². The average molecular weight is 374 g/mol. The van der Waals surface area contributed by atoms with Crippen molar-refractivity contribution in [2.75, 3.05) is 4.90 Å². The van der Waals surface area contributed by atoms with E-state index in [-0.39, 0.29) is 11.2 Å². The highest BCUT2D eigenvalue weighted by Gasteiger charge is 2.28. The van der Waals surface area contributed by atoms with Gasteiger partial charge in [0.05, 0.1) is 16.6 Å². The lowest BCUT2D eigenvalue weighted by Crippen LogP contribution is -2.33. The van der Waals surface area contributed by atoms with Crippen molar-refractivity contribution in [1.82, 2.24) is 0 Å². The monoisotopic (exact) mass is 373 g/mol. The van der Waals surface area contributed by atoms with Crippen molar-refractivity contribution in [3.63, 3.8) is 0 Å². The number of thioether (sulfide) groups is 1. The average Bonchev–Trinajstić information content (AvgIpc) is 2.89. The molecule has 0 spiro atoms. The molecule has 4 rings (SSSR count). The Morgan fingerprint density at radius 1 is 0.852 bits per heavy atom. The van der Waals surface area contributed by atoms with Gasteiger partial charge in [-0.2, -0.15) is 0 Å². The summed E-state index contributed by atoms with van der Waals surface area (Å²) in [6, 6.07) is 26.9. The summed E-state index contributed by atoms with van der Waals surface area (Å²) in [5.74, 6) is 0.989. The van der Waals surface area contributed by atoms with E-state index in [1.54, 1.807) is 11.8 Å². The SMILES string of the molecule is CC(SCc1ccccc1)C(=O)N1c2ccccc2CCc2ccccc21. The summed E-state index contributed by atoms with van der Waals surface area (Å²) in [6.07, 6.45) is 1.92. The Balaban J connectivity index is 1.64. The number of carbonyl (C=O) groups is 1. The number of anilines is 2. The Hall–Kier alpha value is -2.52.